The normalized spacial score (nSPS) is 15.4. The van der Waals surface area contributed by atoms with Gasteiger partial charge in [0, 0.05) is 19.2 Å². The zero-order valence-corrected chi connectivity index (χ0v) is 21.2. The number of piperidine rings is 1. The van der Waals surface area contributed by atoms with Crippen LogP contribution >= 0.6 is 0 Å². The number of amides is 1. The lowest BCUT2D eigenvalue weighted by Gasteiger charge is -2.28. The number of nitrogens with one attached hydrogen (secondary N) is 1. The lowest BCUT2D eigenvalue weighted by atomic mass is 10.1. The second kappa shape index (κ2) is 11.6. The molecule has 0 unspecified atom stereocenters. The van der Waals surface area contributed by atoms with Gasteiger partial charge in [0.2, 0.25) is 15.9 Å². The molecule has 1 amide bonds. The van der Waals surface area contributed by atoms with Crippen molar-refractivity contribution in [3.8, 4) is 11.5 Å². The van der Waals surface area contributed by atoms with E-state index in [9.17, 15) is 13.2 Å². The number of carbonyl (C=O) groups is 1. The third-order valence-corrected chi connectivity index (χ3v) is 7.30. The quantitative estimate of drug-likeness (QED) is 0.552. The van der Waals surface area contributed by atoms with E-state index < -0.39 is 22.0 Å². The minimum Gasteiger partial charge on any atom is -0.493 e. The molecule has 1 heterocycles. The number of ether oxygens (including phenoxy) is 2. The molecule has 0 bridgehead atoms. The predicted octanol–water partition coefficient (Wildman–Crippen LogP) is 3.16. The highest BCUT2D eigenvalue weighted by Gasteiger charge is 2.29. The first-order chi connectivity index (χ1) is 16.2. The highest BCUT2D eigenvalue weighted by atomic mass is 32.2. The summed E-state index contributed by atoms with van der Waals surface area (Å²) in [4.78, 5) is 15.4. The van der Waals surface area contributed by atoms with Gasteiger partial charge in [0.15, 0.2) is 11.5 Å². The zero-order valence-electron chi connectivity index (χ0n) is 20.4. The van der Waals surface area contributed by atoms with Crippen LogP contribution in [-0.2, 0) is 27.9 Å². The first kappa shape index (κ1) is 25.8. The molecule has 1 saturated heterocycles. The van der Waals surface area contributed by atoms with Crippen molar-refractivity contribution in [3.63, 3.8) is 0 Å². The van der Waals surface area contributed by atoms with Gasteiger partial charge in [-0.2, -0.15) is 0 Å². The Kier molecular flexibility index (Phi) is 8.79. The SMILES string of the molecule is COc1ccc(N([C@@H](C)C(=O)NCc2ccc(CN3CCCCC3)cc2)S(C)(=O)=O)cc1OC. The summed E-state index contributed by atoms with van der Waals surface area (Å²) in [5.74, 6) is 0.462. The summed E-state index contributed by atoms with van der Waals surface area (Å²) in [6.45, 7) is 5.11. The van der Waals surface area contributed by atoms with Crippen molar-refractivity contribution in [1.29, 1.82) is 0 Å². The molecule has 186 valence electrons. The molecule has 0 spiro atoms. The van der Waals surface area contributed by atoms with Crippen molar-refractivity contribution in [3.05, 3.63) is 53.6 Å². The van der Waals surface area contributed by atoms with Crippen molar-refractivity contribution in [1.82, 2.24) is 10.2 Å². The number of rotatable bonds is 10. The Morgan fingerprint density at radius 1 is 1.00 bits per heavy atom. The van der Waals surface area contributed by atoms with Gasteiger partial charge in [-0.1, -0.05) is 30.7 Å². The minimum absolute atomic E-state index is 0.316. The molecule has 34 heavy (non-hydrogen) atoms. The highest BCUT2D eigenvalue weighted by Crippen LogP contribution is 2.33. The van der Waals surface area contributed by atoms with Crippen molar-refractivity contribution >= 4 is 21.6 Å². The van der Waals surface area contributed by atoms with Crippen LogP contribution in [0.15, 0.2) is 42.5 Å². The predicted molar refractivity (Wildman–Crippen MR) is 134 cm³/mol. The molecule has 1 N–H and O–H groups in total. The maximum atomic E-state index is 12.9. The molecule has 1 aliphatic heterocycles. The summed E-state index contributed by atoms with van der Waals surface area (Å²) >= 11 is 0. The number of hydrogen-bond acceptors (Lipinski definition) is 6. The van der Waals surface area contributed by atoms with Gasteiger partial charge >= 0.3 is 0 Å². The van der Waals surface area contributed by atoms with Gasteiger partial charge in [0.1, 0.15) is 6.04 Å². The molecule has 0 radical (unpaired) electrons. The Labute approximate surface area is 202 Å². The van der Waals surface area contributed by atoms with E-state index in [0.29, 0.717) is 23.7 Å². The molecule has 9 heteroatoms. The van der Waals surface area contributed by atoms with Gasteiger partial charge in [0.05, 0.1) is 26.2 Å². The molecule has 1 aliphatic rings. The Morgan fingerprint density at radius 2 is 1.62 bits per heavy atom. The number of carbonyl (C=O) groups excluding carboxylic acids is 1. The van der Waals surface area contributed by atoms with Gasteiger partial charge < -0.3 is 14.8 Å². The zero-order chi connectivity index (χ0) is 24.7. The van der Waals surface area contributed by atoms with Crippen LogP contribution in [0.25, 0.3) is 0 Å². The van der Waals surface area contributed by atoms with Crippen LogP contribution in [0.5, 0.6) is 11.5 Å². The number of methoxy groups -OCH3 is 2. The van der Waals surface area contributed by atoms with E-state index >= 15 is 0 Å². The molecule has 0 aliphatic carbocycles. The number of hydrogen-bond donors (Lipinski definition) is 1. The first-order valence-electron chi connectivity index (χ1n) is 11.5. The number of sulfonamides is 1. The molecule has 0 aromatic heterocycles. The summed E-state index contributed by atoms with van der Waals surface area (Å²) in [5, 5.41) is 2.86. The fourth-order valence-corrected chi connectivity index (χ4v) is 5.41. The van der Waals surface area contributed by atoms with Crippen molar-refractivity contribution in [2.45, 2.75) is 45.3 Å². The largest absolute Gasteiger partial charge is 0.493 e. The van der Waals surface area contributed by atoms with Crippen LogP contribution in [0.4, 0.5) is 5.69 Å². The van der Waals surface area contributed by atoms with Crippen LogP contribution in [0.1, 0.15) is 37.3 Å². The Bertz CT molecular complexity index is 1070. The van der Waals surface area contributed by atoms with Gasteiger partial charge in [-0.25, -0.2) is 8.42 Å². The molecule has 3 rings (SSSR count). The molecule has 8 nitrogen and oxygen atoms in total. The highest BCUT2D eigenvalue weighted by molar-refractivity contribution is 7.92. The second-order valence-electron chi connectivity index (χ2n) is 8.65. The minimum atomic E-state index is -3.74. The average molecular weight is 490 g/mol. The molecular weight excluding hydrogens is 454 g/mol. The first-order valence-corrected chi connectivity index (χ1v) is 13.4. The van der Waals surface area contributed by atoms with Crippen LogP contribution in [0.3, 0.4) is 0 Å². The molecule has 2 aromatic carbocycles. The van der Waals surface area contributed by atoms with Crippen molar-refractivity contribution in [2.24, 2.45) is 0 Å². The van der Waals surface area contributed by atoms with Crippen LogP contribution < -0.4 is 19.1 Å². The molecule has 0 saturated carbocycles. The fourth-order valence-electron chi connectivity index (χ4n) is 4.25. The molecule has 2 aromatic rings. The van der Waals surface area contributed by atoms with E-state index in [1.165, 1.54) is 39.0 Å². The Morgan fingerprint density at radius 3 is 2.21 bits per heavy atom. The second-order valence-corrected chi connectivity index (χ2v) is 10.5. The van der Waals surface area contributed by atoms with Crippen LogP contribution in [0, 0.1) is 0 Å². The molecular formula is C25H35N3O5S. The van der Waals surface area contributed by atoms with Gasteiger partial charge in [-0.05, 0) is 56.1 Å². The smallest absolute Gasteiger partial charge is 0.243 e. The van der Waals surface area contributed by atoms with Gasteiger partial charge in [-0.15, -0.1) is 0 Å². The van der Waals surface area contributed by atoms with Crippen LogP contribution in [0.2, 0.25) is 0 Å². The standard InChI is InChI=1S/C25H35N3O5S/c1-19(28(34(4,30)31)22-12-13-23(32-2)24(16-22)33-3)25(29)26-17-20-8-10-21(11-9-20)18-27-14-6-5-7-15-27/h8-13,16,19H,5-7,14-15,17-18H2,1-4H3,(H,26,29)/t19-/m0/s1. The Hall–Kier alpha value is -2.78. The van der Waals surface area contributed by atoms with E-state index in [0.717, 1.165) is 35.8 Å². The Balaban J connectivity index is 1.65. The number of nitrogens with zero attached hydrogens (tertiary/aromatic N) is 2. The maximum Gasteiger partial charge on any atom is 0.243 e. The third kappa shape index (κ3) is 6.64. The fraction of sp³-hybridized carbons (Fsp3) is 0.480. The maximum absolute atomic E-state index is 12.9. The van der Waals surface area contributed by atoms with E-state index in [4.69, 9.17) is 9.47 Å². The molecule has 1 fully saturated rings. The van der Waals surface area contributed by atoms with E-state index in [1.807, 2.05) is 12.1 Å². The van der Waals surface area contributed by atoms with E-state index in [1.54, 1.807) is 25.1 Å². The monoisotopic (exact) mass is 489 g/mol. The summed E-state index contributed by atoms with van der Waals surface area (Å²) in [5.41, 5.74) is 2.53. The summed E-state index contributed by atoms with van der Waals surface area (Å²) < 4.78 is 36.8. The summed E-state index contributed by atoms with van der Waals surface area (Å²) in [6, 6.07) is 12.0. The number of benzene rings is 2. The van der Waals surface area contributed by atoms with Gasteiger partial charge in [-0.3, -0.25) is 14.0 Å². The average Bonchev–Trinajstić information content (AvgIpc) is 2.83. The van der Waals surface area contributed by atoms with Crippen LogP contribution in [-0.4, -0.2) is 58.8 Å². The van der Waals surface area contributed by atoms with Crippen molar-refractivity contribution < 1.29 is 22.7 Å². The number of likely N-dealkylation sites (tertiary alicyclic amines) is 1. The van der Waals surface area contributed by atoms with E-state index in [-0.39, 0.29) is 0 Å². The van der Waals surface area contributed by atoms with Crippen molar-refractivity contribution in [2.75, 3.05) is 37.9 Å². The topological polar surface area (TPSA) is 88.2 Å². The third-order valence-electron chi connectivity index (χ3n) is 6.05. The number of anilines is 1. The van der Waals surface area contributed by atoms with Gasteiger partial charge in [0.25, 0.3) is 0 Å². The summed E-state index contributed by atoms with van der Waals surface area (Å²) in [7, 11) is -0.763. The summed E-state index contributed by atoms with van der Waals surface area (Å²) in [6.07, 6.45) is 4.91. The van der Waals surface area contributed by atoms with E-state index in [2.05, 4.69) is 22.3 Å². The lowest BCUT2D eigenvalue weighted by molar-refractivity contribution is -0.122. The molecule has 1 atom stereocenters. The lowest BCUT2D eigenvalue weighted by Crippen LogP contribution is -2.47.